The van der Waals surface area contributed by atoms with Gasteiger partial charge in [0, 0.05) is 17.1 Å². The standard InChI is InChI=1S/C13H21N3OS/c1-3-9-7-15-13(18-9)8(2)16-12(17)10-5-4-6-11(10)14/h7-8,10-11H,3-6,14H2,1-2H3,(H,16,17). The minimum absolute atomic E-state index is 0.0157. The number of thiazole rings is 1. The Morgan fingerprint density at radius 2 is 2.44 bits per heavy atom. The fraction of sp³-hybridized carbons (Fsp3) is 0.692. The average molecular weight is 267 g/mol. The highest BCUT2D eigenvalue weighted by Crippen LogP contribution is 2.26. The molecule has 4 nitrogen and oxygen atoms in total. The normalized spacial score (nSPS) is 25.1. The van der Waals surface area contributed by atoms with E-state index in [9.17, 15) is 4.79 Å². The van der Waals surface area contributed by atoms with E-state index in [4.69, 9.17) is 5.73 Å². The molecule has 0 radical (unpaired) electrons. The first kappa shape index (κ1) is 13.5. The topological polar surface area (TPSA) is 68.0 Å². The summed E-state index contributed by atoms with van der Waals surface area (Å²) >= 11 is 1.67. The molecule has 0 aliphatic heterocycles. The van der Waals surface area contributed by atoms with E-state index < -0.39 is 0 Å². The molecule has 1 aliphatic rings. The van der Waals surface area contributed by atoms with Crippen molar-refractivity contribution in [3.8, 4) is 0 Å². The number of aryl methyl sites for hydroxylation is 1. The van der Waals surface area contributed by atoms with Crippen LogP contribution in [0.1, 0.15) is 49.0 Å². The van der Waals surface area contributed by atoms with Crippen molar-refractivity contribution < 1.29 is 4.79 Å². The Morgan fingerprint density at radius 1 is 1.67 bits per heavy atom. The number of carbonyl (C=O) groups excluding carboxylic acids is 1. The van der Waals surface area contributed by atoms with Gasteiger partial charge in [-0.3, -0.25) is 4.79 Å². The summed E-state index contributed by atoms with van der Waals surface area (Å²) < 4.78 is 0. The van der Waals surface area contributed by atoms with Gasteiger partial charge in [-0.05, 0) is 26.2 Å². The summed E-state index contributed by atoms with van der Waals surface area (Å²) in [6.45, 7) is 4.09. The smallest absolute Gasteiger partial charge is 0.225 e. The third-order valence-electron chi connectivity index (χ3n) is 3.56. The van der Waals surface area contributed by atoms with Gasteiger partial charge >= 0.3 is 0 Å². The minimum Gasteiger partial charge on any atom is -0.347 e. The molecule has 0 aromatic carbocycles. The lowest BCUT2D eigenvalue weighted by molar-refractivity contribution is -0.125. The van der Waals surface area contributed by atoms with Crippen LogP contribution in [0, 0.1) is 5.92 Å². The summed E-state index contributed by atoms with van der Waals surface area (Å²) in [6, 6.07) is 0.00953. The number of nitrogens with two attached hydrogens (primary N) is 1. The monoisotopic (exact) mass is 267 g/mol. The van der Waals surface area contributed by atoms with Crippen LogP contribution in [0.5, 0.6) is 0 Å². The minimum atomic E-state index is -0.0180. The highest BCUT2D eigenvalue weighted by molar-refractivity contribution is 7.11. The Hall–Kier alpha value is -0.940. The zero-order valence-electron chi connectivity index (χ0n) is 11.0. The van der Waals surface area contributed by atoms with E-state index >= 15 is 0 Å². The van der Waals surface area contributed by atoms with Gasteiger partial charge in [0.25, 0.3) is 0 Å². The van der Waals surface area contributed by atoms with Gasteiger partial charge in [-0.1, -0.05) is 13.3 Å². The predicted octanol–water partition coefficient (Wildman–Crippen LogP) is 2.01. The van der Waals surface area contributed by atoms with Gasteiger partial charge < -0.3 is 11.1 Å². The van der Waals surface area contributed by atoms with Gasteiger partial charge in [0.1, 0.15) is 5.01 Å². The summed E-state index contributed by atoms with van der Waals surface area (Å²) in [7, 11) is 0. The van der Waals surface area contributed by atoms with Crippen LogP contribution < -0.4 is 11.1 Å². The number of carbonyl (C=O) groups is 1. The van der Waals surface area contributed by atoms with Gasteiger partial charge in [0.05, 0.1) is 12.0 Å². The molecule has 3 N–H and O–H groups in total. The number of aromatic nitrogens is 1. The number of nitrogens with zero attached hydrogens (tertiary/aromatic N) is 1. The first-order valence-corrected chi connectivity index (χ1v) is 7.44. The summed E-state index contributed by atoms with van der Waals surface area (Å²) in [5.41, 5.74) is 5.95. The van der Waals surface area contributed by atoms with E-state index in [1.807, 2.05) is 13.1 Å². The Bertz CT molecular complexity index is 418. The van der Waals surface area contributed by atoms with Crippen molar-refractivity contribution in [2.45, 2.75) is 51.6 Å². The molecular weight excluding hydrogens is 246 g/mol. The van der Waals surface area contributed by atoms with Gasteiger partial charge in [-0.25, -0.2) is 4.98 Å². The van der Waals surface area contributed by atoms with Crippen LogP contribution >= 0.6 is 11.3 Å². The van der Waals surface area contributed by atoms with E-state index in [1.165, 1.54) is 4.88 Å². The Morgan fingerprint density at radius 3 is 3.00 bits per heavy atom. The fourth-order valence-corrected chi connectivity index (χ4v) is 3.24. The maximum absolute atomic E-state index is 12.1. The highest BCUT2D eigenvalue weighted by atomic mass is 32.1. The number of nitrogens with one attached hydrogen (secondary N) is 1. The number of hydrogen-bond acceptors (Lipinski definition) is 4. The molecule has 1 aliphatic carbocycles. The molecule has 1 amide bonds. The molecule has 0 spiro atoms. The van der Waals surface area contributed by atoms with E-state index in [-0.39, 0.29) is 23.9 Å². The van der Waals surface area contributed by atoms with Crippen LogP contribution in [0.4, 0.5) is 0 Å². The largest absolute Gasteiger partial charge is 0.347 e. The summed E-state index contributed by atoms with van der Waals surface area (Å²) in [4.78, 5) is 17.7. The number of amides is 1. The van der Waals surface area contributed by atoms with E-state index in [2.05, 4.69) is 17.2 Å². The molecule has 0 saturated heterocycles. The number of rotatable bonds is 4. The Kier molecular flexibility index (Phi) is 4.35. The van der Waals surface area contributed by atoms with Crippen LogP contribution in [0.25, 0.3) is 0 Å². The molecule has 1 heterocycles. The lowest BCUT2D eigenvalue weighted by Gasteiger charge is -2.18. The fourth-order valence-electron chi connectivity index (χ4n) is 2.38. The maximum Gasteiger partial charge on any atom is 0.225 e. The van der Waals surface area contributed by atoms with Crippen molar-refractivity contribution in [1.82, 2.24) is 10.3 Å². The van der Waals surface area contributed by atoms with Crippen LogP contribution in [0.3, 0.4) is 0 Å². The van der Waals surface area contributed by atoms with Crippen molar-refractivity contribution in [2.24, 2.45) is 11.7 Å². The number of hydrogen-bond donors (Lipinski definition) is 2. The van der Waals surface area contributed by atoms with Gasteiger partial charge in [-0.15, -0.1) is 11.3 Å². The van der Waals surface area contributed by atoms with Gasteiger partial charge in [0.15, 0.2) is 0 Å². The van der Waals surface area contributed by atoms with Gasteiger partial charge in [-0.2, -0.15) is 0 Å². The second-order valence-electron chi connectivity index (χ2n) is 4.95. The lowest BCUT2D eigenvalue weighted by atomic mass is 10.0. The quantitative estimate of drug-likeness (QED) is 0.877. The zero-order valence-corrected chi connectivity index (χ0v) is 11.8. The molecule has 1 aromatic rings. The first-order valence-electron chi connectivity index (χ1n) is 6.62. The van der Waals surface area contributed by atoms with Crippen LogP contribution in [-0.4, -0.2) is 16.9 Å². The van der Waals surface area contributed by atoms with Crippen LogP contribution in [0.15, 0.2) is 6.20 Å². The lowest BCUT2D eigenvalue weighted by Crippen LogP contribution is -2.39. The molecule has 2 rings (SSSR count). The zero-order chi connectivity index (χ0) is 13.1. The maximum atomic E-state index is 12.1. The predicted molar refractivity (Wildman–Crippen MR) is 73.4 cm³/mol. The molecule has 3 atom stereocenters. The first-order chi connectivity index (χ1) is 8.61. The molecule has 1 fully saturated rings. The third-order valence-corrected chi connectivity index (χ3v) is 4.88. The summed E-state index contributed by atoms with van der Waals surface area (Å²) in [5.74, 6) is 0.0683. The average Bonchev–Trinajstić information content (AvgIpc) is 2.96. The molecule has 1 aromatic heterocycles. The second-order valence-corrected chi connectivity index (χ2v) is 6.10. The van der Waals surface area contributed by atoms with Gasteiger partial charge in [0.2, 0.25) is 5.91 Å². The van der Waals surface area contributed by atoms with E-state index in [0.717, 1.165) is 30.7 Å². The van der Waals surface area contributed by atoms with E-state index in [0.29, 0.717) is 0 Å². The second kappa shape index (κ2) is 5.80. The third kappa shape index (κ3) is 2.90. The summed E-state index contributed by atoms with van der Waals surface area (Å²) in [6.07, 6.45) is 5.82. The van der Waals surface area contributed by atoms with Crippen molar-refractivity contribution in [1.29, 1.82) is 0 Å². The summed E-state index contributed by atoms with van der Waals surface area (Å²) in [5, 5.41) is 4.01. The molecular formula is C13H21N3OS. The van der Waals surface area contributed by atoms with Crippen molar-refractivity contribution in [3.05, 3.63) is 16.1 Å². The molecule has 18 heavy (non-hydrogen) atoms. The molecule has 0 bridgehead atoms. The van der Waals surface area contributed by atoms with Crippen molar-refractivity contribution >= 4 is 17.2 Å². The SMILES string of the molecule is CCc1cnc(C(C)NC(=O)C2CCCC2N)s1. The Labute approximate surface area is 112 Å². The van der Waals surface area contributed by atoms with Crippen LogP contribution in [-0.2, 0) is 11.2 Å². The molecule has 100 valence electrons. The molecule has 1 saturated carbocycles. The van der Waals surface area contributed by atoms with Crippen LogP contribution in [0.2, 0.25) is 0 Å². The van der Waals surface area contributed by atoms with E-state index in [1.54, 1.807) is 11.3 Å². The van der Waals surface area contributed by atoms with Crippen molar-refractivity contribution in [2.75, 3.05) is 0 Å². The van der Waals surface area contributed by atoms with Crippen molar-refractivity contribution in [3.63, 3.8) is 0 Å². The molecule has 3 unspecified atom stereocenters. The molecule has 5 heteroatoms. The highest BCUT2D eigenvalue weighted by Gasteiger charge is 2.31. The Balaban J connectivity index is 1.94.